The third-order valence-corrected chi connectivity index (χ3v) is 5.09. The van der Waals surface area contributed by atoms with E-state index in [4.69, 9.17) is 9.47 Å². The van der Waals surface area contributed by atoms with Crippen LogP contribution in [0, 0.1) is 0 Å². The highest BCUT2D eigenvalue weighted by Crippen LogP contribution is 2.56. The number of carbonyl (C=O) groups excluding carboxylic acids is 2. The number of fused-ring (bicyclic) bond motifs is 1. The second-order valence-electron chi connectivity index (χ2n) is 8.14. The Labute approximate surface area is 171 Å². The largest absolute Gasteiger partial charge is 0.459 e. The molecule has 1 amide bonds. The number of para-hydroxylation sites is 1. The summed E-state index contributed by atoms with van der Waals surface area (Å²) in [5, 5.41) is 0. The predicted molar refractivity (Wildman–Crippen MR) is 113 cm³/mol. The molecule has 1 aliphatic heterocycles. The summed E-state index contributed by atoms with van der Waals surface area (Å²) in [5.74, 6) is -0.391. The zero-order valence-corrected chi connectivity index (χ0v) is 17.3. The first-order valence-electron chi connectivity index (χ1n) is 9.62. The number of hydrogen-bond acceptors (Lipinski definition) is 4. The van der Waals surface area contributed by atoms with E-state index in [-0.39, 0.29) is 0 Å². The van der Waals surface area contributed by atoms with Crippen LogP contribution in [0.1, 0.15) is 44.4 Å². The molecule has 0 saturated carbocycles. The molecule has 0 saturated heterocycles. The minimum absolute atomic E-state index is 0.311. The molecule has 5 heteroatoms. The third-order valence-electron chi connectivity index (χ3n) is 5.09. The molecule has 1 heterocycles. The SMILES string of the molecule is C=CC[C@@]1(C(=O)OC(C)(C)C)c2ccccc2N(C(=O)OC)[C@@H]1c1ccccc1. The number of hydrogen-bond donors (Lipinski definition) is 0. The lowest BCUT2D eigenvalue weighted by Gasteiger charge is -2.37. The van der Waals surface area contributed by atoms with Crippen LogP contribution in [0.25, 0.3) is 0 Å². The Bertz CT molecular complexity index is 916. The van der Waals surface area contributed by atoms with Crippen LogP contribution in [0.3, 0.4) is 0 Å². The van der Waals surface area contributed by atoms with Crippen molar-refractivity contribution in [2.75, 3.05) is 12.0 Å². The second kappa shape index (κ2) is 7.74. The molecule has 152 valence electrons. The number of anilines is 1. The van der Waals surface area contributed by atoms with Gasteiger partial charge in [-0.1, -0.05) is 54.6 Å². The maximum absolute atomic E-state index is 13.7. The molecule has 3 rings (SSSR count). The second-order valence-corrected chi connectivity index (χ2v) is 8.14. The lowest BCUT2D eigenvalue weighted by Crippen LogP contribution is -2.48. The van der Waals surface area contributed by atoms with E-state index in [1.807, 2.05) is 75.4 Å². The van der Waals surface area contributed by atoms with E-state index in [1.54, 1.807) is 11.0 Å². The van der Waals surface area contributed by atoms with E-state index >= 15 is 0 Å². The van der Waals surface area contributed by atoms with Crippen LogP contribution >= 0.6 is 0 Å². The number of rotatable bonds is 4. The molecule has 0 aromatic heterocycles. The summed E-state index contributed by atoms with van der Waals surface area (Å²) in [6.07, 6.45) is 1.49. The van der Waals surface area contributed by atoms with Gasteiger partial charge in [0.05, 0.1) is 18.8 Å². The molecule has 0 spiro atoms. The third kappa shape index (κ3) is 3.53. The maximum atomic E-state index is 13.7. The molecule has 2 aromatic carbocycles. The van der Waals surface area contributed by atoms with Crippen molar-refractivity contribution >= 4 is 17.7 Å². The Morgan fingerprint density at radius 1 is 1.10 bits per heavy atom. The first-order chi connectivity index (χ1) is 13.8. The van der Waals surface area contributed by atoms with Crippen molar-refractivity contribution in [2.24, 2.45) is 0 Å². The average Bonchev–Trinajstić information content (AvgIpc) is 2.99. The highest BCUT2D eigenvalue weighted by Gasteiger charge is 2.59. The van der Waals surface area contributed by atoms with Gasteiger partial charge in [-0.15, -0.1) is 6.58 Å². The quantitative estimate of drug-likeness (QED) is 0.531. The van der Waals surface area contributed by atoms with Crippen LogP contribution in [-0.4, -0.2) is 24.8 Å². The number of amides is 1. The lowest BCUT2D eigenvalue weighted by molar-refractivity contribution is -0.163. The molecule has 1 aliphatic rings. The van der Waals surface area contributed by atoms with Crippen molar-refractivity contribution in [2.45, 2.75) is 44.2 Å². The van der Waals surface area contributed by atoms with E-state index in [9.17, 15) is 9.59 Å². The molecule has 5 nitrogen and oxygen atoms in total. The van der Waals surface area contributed by atoms with Crippen LogP contribution in [0.4, 0.5) is 10.5 Å². The monoisotopic (exact) mass is 393 g/mol. The van der Waals surface area contributed by atoms with Crippen LogP contribution < -0.4 is 4.90 Å². The summed E-state index contributed by atoms with van der Waals surface area (Å²) in [5.41, 5.74) is 0.373. The van der Waals surface area contributed by atoms with Crippen molar-refractivity contribution in [3.63, 3.8) is 0 Å². The summed E-state index contributed by atoms with van der Waals surface area (Å²) >= 11 is 0. The van der Waals surface area contributed by atoms with E-state index in [1.165, 1.54) is 7.11 Å². The van der Waals surface area contributed by atoms with Gasteiger partial charge in [-0.3, -0.25) is 9.69 Å². The fraction of sp³-hybridized carbons (Fsp3) is 0.333. The summed E-state index contributed by atoms with van der Waals surface area (Å²) in [7, 11) is 1.34. The number of methoxy groups -OCH3 is 1. The molecule has 0 unspecified atom stereocenters. The first kappa shape index (κ1) is 20.6. The fourth-order valence-corrected chi connectivity index (χ4v) is 4.06. The summed E-state index contributed by atoms with van der Waals surface area (Å²) < 4.78 is 11.0. The standard InChI is InChI=1S/C24H27NO4/c1-6-16-24(21(26)29-23(2,3)4)18-14-10-11-15-19(18)25(22(27)28-5)20(24)17-12-8-7-9-13-17/h6-15,20H,1,16H2,2-5H3/t20-,24-/m1/s1. The van der Waals surface area contributed by atoms with Gasteiger partial charge in [0.25, 0.3) is 0 Å². The van der Waals surface area contributed by atoms with Crippen LogP contribution in [0.5, 0.6) is 0 Å². The molecule has 2 aromatic rings. The van der Waals surface area contributed by atoms with Crippen molar-refractivity contribution in [3.8, 4) is 0 Å². The average molecular weight is 393 g/mol. The van der Waals surface area contributed by atoms with Crippen molar-refractivity contribution in [1.29, 1.82) is 0 Å². The maximum Gasteiger partial charge on any atom is 0.414 e. The Kier molecular flexibility index (Phi) is 5.51. The highest BCUT2D eigenvalue weighted by atomic mass is 16.6. The first-order valence-corrected chi connectivity index (χ1v) is 9.62. The number of esters is 1. The number of carbonyl (C=O) groups is 2. The number of benzene rings is 2. The number of ether oxygens (including phenoxy) is 2. The Hall–Kier alpha value is -3.08. The molecule has 0 fully saturated rings. The molecule has 0 radical (unpaired) electrons. The van der Waals surface area contributed by atoms with Crippen LogP contribution in [0.2, 0.25) is 0 Å². The van der Waals surface area contributed by atoms with Gasteiger partial charge in [-0.05, 0) is 44.4 Å². The summed E-state index contributed by atoms with van der Waals surface area (Å²) in [4.78, 5) is 28.2. The topological polar surface area (TPSA) is 55.8 Å². The van der Waals surface area contributed by atoms with Crippen molar-refractivity contribution in [1.82, 2.24) is 0 Å². The minimum Gasteiger partial charge on any atom is -0.459 e. The van der Waals surface area contributed by atoms with Crippen molar-refractivity contribution in [3.05, 3.63) is 78.4 Å². The molecule has 0 N–H and O–H groups in total. The summed E-state index contributed by atoms with van der Waals surface area (Å²) in [6.45, 7) is 9.41. The Morgan fingerprint density at radius 3 is 2.31 bits per heavy atom. The highest BCUT2D eigenvalue weighted by molar-refractivity contribution is 6.00. The lowest BCUT2D eigenvalue weighted by atomic mass is 9.71. The molecule has 2 atom stereocenters. The number of nitrogens with zero attached hydrogens (tertiary/aromatic N) is 1. The normalized spacial score (nSPS) is 20.7. The van der Waals surface area contributed by atoms with Crippen LogP contribution in [0.15, 0.2) is 67.3 Å². The summed E-state index contributed by atoms with van der Waals surface area (Å²) in [6, 6.07) is 16.3. The Morgan fingerprint density at radius 2 is 1.72 bits per heavy atom. The van der Waals surface area contributed by atoms with E-state index < -0.39 is 29.1 Å². The van der Waals surface area contributed by atoms with Crippen molar-refractivity contribution < 1.29 is 19.1 Å². The van der Waals surface area contributed by atoms with Gasteiger partial charge in [0.1, 0.15) is 11.0 Å². The molecule has 0 bridgehead atoms. The minimum atomic E-state index is -1.14. The Balaban J connectivity index is 2.33. The number of allylic oxidation sites excluding steroid dienone is 1. The molecule has 29 heavy (non-hydrogen) atoms. The van der Waals surface area contributed by atoms with E-state index in [0.717, 1.165) is 11.1 Å². The van der Waals surface area contributed by atoms with Gasteiger partial charge in [0.15, 0.2) is 0 Å². The molecular weight excluding hydrogens is 366 g/mol. The van der Waals surface area contributed by atoms with E-state index in [0.29, 0.717) is 12.1 Å². The van der Waals surface area contributed by atoms with Gasteiger partial charge in [0.2, 0.25) is 0 Å². The molecular formula is C24H27NO4. The fourth-order valence-electron chi connectivity index (χ4n) is 4.06. The van der Waals surface area contributed by atoms with Gasteiger partial charge in [0, 0.05) is 0 Å². The molecule has 0 aliphatic carbocycles. The smallest absolute Gasteiger partial charge is 0.414 e. The van der Waals surface area contributed by atoms with Crippen LogP contribution in [-0.2, 0) is 19.7 Å². The van der Waals surface area contributed by atoms with Gasteiger partial charge in [-0.2, -0.15) is 0 Å². The zero-order valence-electron chi connectivity index (χ0n) is 17.3. The van der Waals surface area contributed by atoms with E-state index in [2.05, 4.69) is 6.58 Å². The zero-order chi connectivity index (χ0) is 21.2. The van der Waals surface area contributed by atoms with Gasteiger partial charge in [-0.25, -0.2) is 4.79 Å². The van der Waals surface area contributed by atoms with Gasteiger partial charge < -0.3 is 9.47 Å². The predicted octanol–water partition coefficient (Wildman–Crippen LogP) is 5.17. The van der Waals surface area contributed by atoms with Gasteiger partial charge >= 0.3 is 12.1 Å².